The topological polar surface area (TPSA) is 68.8 Å². The molecule has 1 heterocycles. The third kappa shape index (κ3) is 3.33. The number of nitrogens with one attached hydrogen (secondary N) is 1. The average Bonchev–Trinajstić information content (AvgIpc) is 2.88. The highest BCUT2D eigenvalue weighted by molar-refractivity contribution is 6.31. The van der Waals surface area contributed by atoms with Crippen molar-refractivity contribution in [2.24, 2.45) is 5.84 Å². The van der Waals surface area contributed by atoms with Gasteiger partial charge in [-0.3, -0.25) is 16.0 Å². The number of rotatable bonds is 6. The normalized spacial score (nSPS) is 12.6. The van der Waals surface area contributed by atoms with Crippen LogP contribution >= 0.6 is 11.6 Å². The van der Waals surface area contributed by atoms with Gasteiger partial charge in [-0.25, -0.2) is 9.37 Å². The van der Waals surface area contributed by atoms with Crippen LogP contribution in [0.5, 0.6) is 0 Å². The zero-order valence-electron chi connectivity index (χ0n) is 11.2. The molecule has 0 amide bonds. The number of nitrogens with zero attached hydrogens (tertiary/aromatic N) is 3. The fraction of sp³-hybridized carbons (Fsp3) is 0.385. The summed E-state index contributed by atoms with van der Waals surface area (Å²) in [6.45, 7) is 2.71. The first-order valence-electron chi connectivity index (χ1n) is 6.41. The molecule has 7 heteroatoms. The second kappa shape index (κ2) is 6.78. The van der Waals surface area contributed by atoms with Crippen molar-refractivity contribution in [2.45, 2.75) is 32.4 Å². The molecule has 0 aliphatic carbocycles. The van der Waals surface area contributed by atoms with Gasteiger partial charge in [-0.1, -0.05) is 17.7 Å². The summed E-state index contributed by atoms with van der Waals surface area (Å²) in [6, 6.07) is 4.48. The van der Waals surface area contributed by atoms with Crippen molar-refractivity contribution in [3.05, 3.63) is 46.8 Å². The van der Waals surface area contributed by atoms with Crippen molar-refractivity contribution in [1.82, 2.24) is 20.2 Å². The van der Waals surface area contributed by atoms with E-state index in [1.165, 1.54) is 12.4 Å². The van der Waals surface area contributed by atoms with Crippen LogP contribution in [0.25, 0.3) is 0 Å². The zero-order chi connectivity index (χ0) is 14.5. The number of halogens is 2. The largest absolute Gasteiger partial charge is 0.271 e. The smallest absolute Gasteiger partial charge is 0.138 e. The van der Waals surface area contributed by atoms with Crippen LogP contribution in [0.2, 0.25) is 5.02 Å². The lowest BCUT2D eigenvalue weighted by Gasteiger charge is -2.17. The second-order valence-corrected chi connectivity index (χ2v) is 4.87. The van der Waals surface area contributed by atoms with E-state index in [2.05, 4.69) is 15.5 Å². The van der Waals surface area contributed by atoms with Crippen molar-refractivity contribution >= 4 is 11.6 Å². The molecule has 0 spiro atoms. The molecule has 2 aromatic rings. The molecule has 0 bridgehead atoms. The van der Waals surface area contributed by atoms with Gasteiger partial charge >= 0.3 is 0 Å². The molecule has 0 fully saturated rings. The highest BCUT2D eigenvalue weighted by Crippen LogP contribution is 2.21. The van der Waals surface area contributed by atoms with Gasteiger partial charge in [-0.05, 0) is 25.5 Å². The van der Waals surface area contributed by atoms with Gasteiger partial charge in [-0.2, -0.15) is 5.10 Å². The molecule has 1 atom stereocenters. The van der Waals surface area contributed by atoms with E-state index in [1.54, 1.807) is 16.8 Å². The van der Waals surface area contributed by atoms with Crippen LogP contribution in [0.4, 0.5) is 4.39 Å². The summed E-state index contributed by atoms with van der Waals surface area (Å²) < 4.78 is 15.6. The summed E-state index contributed by atoms with van der Waals surface area (Å²) in [7, 11) is 0. The molecule has 0 radical (unpaired) electrons. The molecule has 1 aromatic carbocycles. The minimum atomic E-state index is -0.324. The lowest BCUT2D eigenvalue weighted by Crippen LogP contribution is -2.39. The van der Waals surface area contributed by atoms with Crippen LogP contribution in [0.1, 0.15) is 18.3 Å². The van der Waals surface area contributed by atoms with Gasteiger partial charge in [0.05, 0.1) is 0 Å². The predicted molar refractivity (Wildman–Crippen MR) is 75.6 cm³/mol. The van der Waals surface area contributed by atoms with E-state index in [4.69, 9.17) is 17.4 Å². The molecule has 0 saturated carbocycles. The predicted octanol–water partition coefficient (Wildman–Crippen LogP) is 1.71. The molecule has 20 heavy (non-hydrogen) atoms. The Kier molecular flexibility index (Phi) is 5.05. The standard InChI is InChI=1S/C13H17ClFN5/c1-2-20-13(17-8-18-20)7-9(19-16)6-10-11(14)4-3-5-12(10)15/h3-5,8-9,19H,2,6-7,16H2,1H3. The van der Waals surface area contributed by atoms with Gasteiger partial charge in [-0.15, -0.1) is 0 Å². The molecule has 0 aliphatic heterocycles. The van der Waals surface area contributed by atoms with Gasteiger partial charge in [0.15, 0.2) is 0 Å². The maximum atomic E-state index is 13.8. The third-order valence-corrected chi connectivity index (χ3v) is 3.53. The summed E-state index contributed by atoms with van der Waals surface area (Å²) in [5.74, 6) is 6.04. The Morgan fingerprint density at radius 3 is 2.90 bits per heavy atom. The minimum absolute atomic E-state index is 0.168. The Bertz CT molecular complexity index is 551. The Balaban J connectivity index is 2.13. The van der Waals surface area contributed by atoms with E-state index in [9.17, 15) is 4.39 Å². The number of aryl methyl sites for hydroxylation is 1. The molecule has 108 valence electrons. The maximum Gasteiger partial charge on any atom is 0.138 e. The number of nitrogens with two attached hydrogens (primary N) is 1. The van der Waals surface area contributed by atoms with E-state index >= 15 is 0 Å². The van der Waals surface area contributed by atoms with Gasteiger partial charge in [0.1, 0.15) is 18.0 Å². The first-order valence-corrected chi connectivity index (χ1v) is 6.79. The molecule has 1 unspecified atom stereocenters. The molecule has 1 aromatic heterocycles. The fourth-order valence-corrected chi connectivity index (χ4v) is 2.33. The third-order valence-electron chi connectivity index (χ3n) is 3.17. The highest BCUT2D eigenvalue weighted by atomic mass is 35.5. The van der Waals surface area contributed by atoms with E-state index in [0.717, 1.165) is 12.4 Å². The van der Waals surface area contributed by atoms with Crippen molar-refractivity contribution in [1.29, 1.82) is 0 Å². The van der Waals surface area contributed by atoms with Crippen LogP contribution in [0.15, 0.2) is 24.5 Å². The summed E-state index contributed by atoms with van der Waals surface area (Å²) >= 11 is 6.03. The first-order chi connectivity index (χ1) is 9.65. The Labute approximate surface area is 121 Å². The van der Waals surface area contributed by atoms with Crippen LogP contribution in [-0.2, 0) is 19.4 Å². The van der Waals surface area contributed by atoms with Crippen molar-refractivity contribution in [2.75, 3.05) is 0 Å². The van der Waals surface area contributed by atoms with Crippen LogP contribution < -0.4 is 11.3 Å². The molecular weight excluding hydrogens is 281 g/mol. The Morgan fingerprint density at radius 2 is 2.25 bits per heavy atom. The number of hydrogen-bond acceptors (Lipinski definition) is 4. The van der Waals surface area contributed by atoms with Gasteiger partial charge in [0.25, 0.3) is 0 Å². The molecule has 0 saturated heterocycles. The quantitative estimate of drug-likeness (QED) is 0.629. The lowest BCUT2D eigenvalue weighted by molar-refractivity contribution is 0.480. The molecule has 2 rings (SSSR count). The van der Waals surface area contributed by atoms with E-state index < -0.39 is 0 Å². The van der Waals surface area contributed by atoms with Crippen molar-refractivity contribution in [3.63, 3.8) is 0 Å². The van der Waals surface area contributed by atoms with E-state index in [-0.39, 0.29) is 11.9 Å². The summed E-state index contributed by atoms with van der Waals surface area (Å²) in [6.07, 6.45) is 2.44. The maximum absolute atomic E-state index is 13.8. The monoisotopic (exact) mass is 297 g/mol. The molecule has 5 nitrogen and oxygen atoms in total. The number of benzene rings is 1. The van der Waals surface area contributed by atoms with Gasteiger partial charge in [0, 0.05) is 29.6 Å². The SMILES string of the molecule is CCn1ncnc1CC(Cc1c(F)cccc1Cl)NN. The molecule has 0 aliphatic rings. The fourth-order valence-electron chi connectivity index (χ4n) is 2.09. The lowest BCUT2D eigenvalue weighted by atomic mass is 10.0. The highest BCUT2D eigenvalue weighted by Gasteiger charge is 2.16. The average molecular weight is 298 g/mol. The molecular formula is C13H17ClFN5. The molecule has 3 N–H and O–H groups in total. The van der Waals surface area contributed by atoms with Crippen molar-refractivity contribution < 1.29 is 4.39 Å². The van der Waals surface area contributed by atoms with Crippen LogP contribution in [-0.4, -0.2) is 20.8 Å². The number of aromatic nitrogens is 3. The van der Waals surface area contributed by atoms with Crippen LogP contribution in [0.3, 0.4) is 0 Å². The van der Waals surface area contributed by atoms with Crippen molar-refractivity contribution in [3.8, 4) is 0 Å². The summed E-state index contributed by atoms with van der Waals surface area (Å²) in [4.78, 5) is 4.19. The van der Waals surface area contributed by atoms with Gasteiger partial charge < -0.3 is 0 Å². The minimum Gasteiger partial charge on any atom is -0.271 e. The second-order valence-electron chi connectivity index (χ2n) is 4.46. The summed E-state index contributed by atoms with van der Waals surface area (Å²) in [5.41, 5.74) is 3.15. The number of hydrogen-bond donors (Lipinski definition) is 2. The van der Waals surface area contributed by atoms with E-state index in [1.807, 2.05) is 6.92 Å². The Hall–Kier alpha value is -1.50. The summed E-state index contributed by atoms with van der Waals surface area (Å²) in [5, 5.41) is 4.51. The van der Waals surface area contributed by atoms with Crippen LogP contribution in [0, 0.1) is 5.82 Å². The van der Waals surface area contributed by atoms with E-state index in [0.29, 0.717) is 23.4 Å². The first kappa shape index (κ1) is 14.9. The van der Waals surface area contributed by atoms with Gasteiger partial charge in [0.2, 0.25) is 0 Å². The zero-order valence-corrected chi connectivity index (χ0v) is 11.9. The Morgan fingerprint density at radius 1 is 1.45 bits per heavy atom. The number of hydrazine groups is 1.